The van der Waals surface area contributed by atoms with Gasteiger partial charge in [0.25, 0.3) is 0 Å². The Labute approximate surface area is 98.7 Å². The molecule has 0 spiro atoms. The van der Waals surface area contributed by atoms with Crippen molar-refractivity contribution < 1.29 is 24.2 Å². The van der Waals surface area contributed by atoms with Crippen LogP contribution in [0.25, 0.3) is 0 Å². The van der Waals surface area contributed by atoms with E-state index >= 15 is 0 Å². The number of rotatable bonds is 6. The number of aliphatic carboxylic acids is 1. The highest BCUT2D eigenvalue weighted by Gasteiger charge is 2.13. The van der Waals surface area contributed by atoms with Crippen LogP contribution in [0.5, 0.6) is 0 Å². The minimum Gasteiger partial charge on any atom is -0.480 e. The topological polar surface area (TPSA) is 119 Å². The average Bonchev–Trinajstić information content (AvgIpc) is 2.21. The van der Waals surface area contributed by atoms with E-state index in [0.717, 1.165) is 0 Å². The van der Waals surface area contributed by atoms with Gasteiger partial charge in [0.15, 0.2) is 0 Å². The lowest BCUT2D eigenvalue weighted by molar-refractivity contribution is -0.141. The van der Waals surface area contributed by atoms with Crippen molar-refractivity contribution in [1.29, 1.82) is 0 Å². The lowest BCUT2D eigenvalue weighted by atomic mass is 10.1. The van der Waals surface area contributed by atoms with Gasteiger partial charge < -0.3 is 20.9 Å². The summed E-state index contributed by atoms with van der Waals surface area (Å²) in [5.74, 6) is -2.15. The summed E-state index contributed by atoms with van der Waals surface area (Å²) in [4.78, 5) is 31.9. The smallest absolute Gasteiger partial charge is 0.325 e. The molecule has 0 aliphatic carbocycles. The van der Waals surface area contributed by atoms with Gasteiger partial charge >= 0.3 is 11.9 Å². The summed E-state index contributed by atoms with van der Waals surface area (Å²) in [5, 5.41) is 10.7. The Bertz CT molecular complexity index is 259. The van der Waals surface area contributed by atoms with Crippen molar-refractivity contribution in [2.45, 2.75) is 18.9 Å². The summed E-state index contributed by atoms with van der Waals surface area (Å²) >= 11 is 0. The lowest BCUT2D eigenvalue weighted by Crippen LogP contribution is -2.34. The Hall–Kier alpha value is -1.34. The van der Waals surface area contributed by atoms with Gasteiger partial charge in [0.2, 0.25) is 5.91 Å². The normalized spacial score (nSPS) is 10.9. The third-order valence-corrected chi connectivity index (χ3v) is 1.66. The van der Waals surface area contributed by atoms with Crippen LogP contribution in [-0.4, -0.2) is 42.6 Å². The molecule has 8 heteroatoms. The molecule has 94 valence electrons. The zero-order valence-electron chi connectivity index (χ0n) is 8.76. The molecule has 1 amide bonds. The van der Waals surface area contributed by atoms with Crippen molar-refractivity contribution in [2.24, 2.45) is 5.73 Å². The molecule has 16 heavy (non-hydrogen) atoms. The van der Waals surface area contributed by atoms with Gasteiger partial charge in [0.05, 0.1) is 7.11 Å². The predicted molar refractivity (Wildman–Crippen MR) is 57.1 cm³/mol. The molecule has 0 aliphatic rings. The lowest BCUT2D eigenvalue weighted by Gasteiger charge is -2.06. The van der Waals surface area contributed by atoms with E-state index in [1.807, 2.05) is 0 Å². The third kappa shape index (κ3) is 8.01. The van der Waals surface area contributed by atoms with Crippen LogP contribution in [0.1, 0.15) is 12.8 Å². The zero-order valence-corrected chi connectivity index (χ0v) is 9.58. The first-order valence-electron chi connectivity index (χ1n) is 4.29. The molecular formula is C8H15ClN2O5. The number of amides is 1. The van der Waals surface area contributed by atoms with E-state index in [2.05, 4.69) is 10.1 Å². The molecule has 4 N–H and O–H groups in total. The number of carboxylic acids is 1. The first-order chi connectivity index (χ1) is 6.97. The minimum absolute atomic E-state index is 0. The number of carbonyl (C=O) groups is 3. The molecule has 0 heterocycles. The molecule has 7 nitrogen and oxygen atoms in total. The van der Waals surface area contributed by atoms with E-state index in [0.29, 0.717) is 0 Å². The number of nitrogens with one attached hydrogen (secondary N) is 1. The van der Waals surface area contributed by atoms with Crippen molar-refractivity contribution in [3.8, 4) is 0 Å². The van der Waals surface area contributed by atoms with Gasteiger partial charge in [0.1, 0.15) is 12.6 Å². The molecule has 0 unspecified atom stereocenters. The van der Waals surface area contributed by atoms with Gasteiger partial charge in [-0.1, -0.05) is 0 Å². The fourth-order valence-corrected chi connectivity index (χ4v) is 0.741. The molecule has 0 saturated carbocycles. The molecule has 0 rings (SSSR count). The molecule has 0 bridgehead atoms. The highest BCUT2D eigenvalue weighted by molar-refractivity contribution is 5.85. The molecule has 0 fully saturated rings. The summed E-state index contributed by atoms with van der Waals surface area (Å²) in [6.45, 7) is -0.225. The monoisotopic (exact) mass is 254 g/mol. The van der Waals surface area contributed by atoms with E-state index in [4.69, 9.17) is 10.8 Å². The van der Waals surface area contributed by atoms with Crippen LogP contribution in [0.3, 0.4) is 0 Å². The maximum Gasteiger partial charge on any atom is 0.325 e. The van der Waals surface area contributed by atoms with Gasteiger partial charge in [-0.3, -0.25) is 14.4 Å². The summed E-state index contributed by atoms with van der Waals surface area (Å²) in [6, 6.07) is -1.06. The van der Waals surface area contributed by atoms with Crippen LogP contribution in [0.15, 0.2) is 0 Å². The van der Waals surface area contributed by atoms with Gasteiger partial charge in [-0.2, -0.15) is 0 Å². The molecule has 0 aromatic carbocycles. The molecule has 0 radical (unpaired) electrons. The largest absolute Gasteiger partial charge is 0.480 e. The van der Waals surface area contributed by atoms with Crippen LogP contribution < -0.4 is 11.1 Å². The summed E-state index contributed by atoms with van der Waals surface area (Å²) in [7, 11) is 1.20. The van der Waals surface area contributed by atoms with Crippen molar-refractivity contribution in [3.05, 3.63) is 0 Å². The van der Waals surface area contributed by atoms with Gasteiger partial charge in [-0.25, -0.2) is 0 Å². The predicted octanol–water partition coefficient (Wildman–Crippen LogP) is -1.11. The molecular weight excluding hydrogens is 240 g/mol. The standard InChI is InChI=1S/C8H14N2O5.ClH/c1-15-7(12)4-10-6(11)3-2-5(9)8(13)14;/h5H,2-4,9H2,1H3,(H,10,11)(H,13,14);1H/t5-;/m0./s1. The second-order valence-electron chi connectivity index (χ2n) is 2.84. The molecule has 0 saturated heterocycles. The number of carbonyl (C=O) groups excluding carboxylic acids is 2. The van der Waals surface area contributed by atoms with Gasteiger partial charge in [0, 0.05) is 6.42 Å². The van der Waals surface area contributed by atoms with E-state index in [1.165, 1.54) is 7.11 Å². The highest BCUT2D eigenvalue weighted by atomic mass is 35.5. The molecule has 0 aliphatic heterocycles. The van der Waals surface area contributed by atoms with Crippen LogP contribution in [0.2, 0.25) is 0 Å². The Kier molecular flexibility index (Phi) is 9.52. The average molecular weight is 255 g/mol. The van der Waals surface area contributed by atoms with Gasteiger partial charge in [-0.15, -0.1) is 12.4 Å². The number of methoxy groups -OCH3 is 1. The summed E-state index contributed by atoms with van der Waals surface area (Å²) in [5.41, 5.74) is 5.18. The van der Waals surface area contributed by atoms with Crippen molar-refractivity contribution in [1.82, 2.24) is 5.32 Å². The fourth-order valence-electron chi connectivity index (χ4n) is 0.741. The summed E-state index contributed by atoms with van der Waals surface area (Å²) in [6.07, 6.45) is -0.00714. The maximum atomic E-state index is 11.0. The summed E-state index contributed by atoms with van der Waals surface area (Å²) < 4.78 is 4.29. The van der Waals surface area contributed by atoms with Crippen LogP contribution in [-0.2, 0) is 19.1 Å². The second kappa shape index (κ2) is 8.93. The van der Waals surface area contributed by atoms with E-state index < -0.39 is 23.9 Å². The third-order valence-electron chi connectivity index (χ3n) is 1.66. The number of nitrogens with two attached hydrogens (primary N) is 1. The van der Waals surface area contributed by atoms with Crippen molar-refractivity contribution >= 4 is 30.3 Å². The van der Waals surface area contributed by atoms with Crippen LogP contribution >= 0.6 is 12.4 Å². The highest BCUT2D eigenvalue weighted by Crippen LogP contribution is 1.94. The SMILES string of the molecule is COC(=O)CNC(=O)CC[C@H](N)C(=O)O.Cl. The molecule has 1 atom stereocenters. The molecule has 0 aromatic rings. The van der Waals surface area contributed by atoms with Crippen LogP contribution in [0, 0.1) is 0 Å². The Morgan fingerprint density at radius 2 is 2.00 bits per heavy atom. The first kappa shape index (κ1) is 17.1. The van der Waals surface area contributed by atoms with E-state index in [1.54, 1.807) is 0 Å². The zero-order chi connectivity index (χ0) is 11.8. The fraction of sp³-hybridized carbons (Fsp3) is 0.625. The Balaban J connectivity index is 0. The number of ether oxygens (including phenoxy) is 1. The maximum absolute atomic E-state index is 11.0. The van der Waals surface area contributed by atoms with E-state index in [-0.39, 0.29) is 31.8 Å². The Morgan fingerprint density at radius 1 is 1.44 bits per heavy atom. The van der Waals surface area contributed by atoms with Crippen LogP contribution in [0.4, 0.5) is 0 Å². The molecule has 0 aromatic heterocycles. The quantitative estimate of drug-likeness (QED) is 0.517. The van der Waals surface area contributed by atoms with Gasteiger partial charge in [-0.05, 0) is 6.42 Å². The number of hydrogen-bond acceptors (Lipinski definition) is 5. The van der Waals surface area contributed by atoms with Crippen molar-refractivity contribution in [3.63, 3.8) is 0 Å². The minimum atomic E-state index is -1.16. The first-order valence-corrected chi connectivity index (χ1v) is 4.29. The van der Waals surface area contributed by atoms with E-state index in [9.17, 15) is 14.4 Å². The number of hydrogen-bond donors (Lipinski definition) is 3. The number of halogens is 1. The van der Waals surface area contributed by atoms with Crippen molar-refractivity contribution in [2.75, 3.05) is 13.7 Å². The number of esters is 1. The Morgan fingerprint density at radius 3 is 2.44 bits per heavy atom. The second-order valence-corrected chi connectivity index (χ2v) is 2.84. The number of carboxylic acid groups (broad SMARTS) is 1.